The van der Waals surface area contributed by atoms with Crippen LogP contribution < -0.4 is 5.32 Å². The number of hydrogen-bond donors (Lipinski definition) is 1. The van der Waals surface area contributed by atoms with Crippen molar-refractivity contribution in [1.82, 2.24) is 0 Å². The predicted octanol–water partition coefficient (Wildman–Crippen LogP) is 5.72. The molecule has 0 saturated carbocycles. The molecule has 1 N–H and O–H groups in total. The van der Waals surface area contributed by atoms with Crippen LogP contribution in [-0.4, -0.2) is 0 Å². The normalized spacial score (nSPS) is 12.5. The molecule has 0 aliphatic heterocycles. The van der Waals surface area contributed by atoms with E-state index < -0.39 is 11.6 Å². The highest BCUT2D eigenvalue weighted by Gasteiger charge is 2.14. The second-order valence-electron chi connectivity index (χ2n) is 3.74. The highest BCUT2D eigenvalue weighted by Crippen LogP contribution is 2.32. The van der Waals surface area contributed by atoms with Crippen LogP contribution in [0.3, 0.4) is 0 Å². The molecule has 1 atom stereocenters. The summed E-state index contributed by atoms with van der Waals surface area (Å²) in [5.41, 5.74) is 0.156. The molecule has 1 heterocycles. The van der Waals surface area contributed by atoms with Gasteiger partial charge in [0.1, 0.15) is 11.6 Å². The predicted molar refractivity (Wildman–Crippen MR) is 78.1 cm³/mol. The summed E-state index contributed by atoms with van der Waals surface area (Å²) >= 11 is 7.92. The van der Waals surface area contributed by atoms with Crippen LogP contribution in [0.5, 0.6) is 0 Å². The quantitative estimate of drug-likeness (QED) is 0.653. The maximum Gasteiger partial charge on any atom is 0.147 e. The van der Waals surface area contributed by atoms with E-state index in [4.69, 9.17) is 0 Å². The Hall–Kier alpha value is -0.460. The molecule has 2 rings (SSSR count). The fourth-order valence-corrected chi connectivity index (χ4v) is 3.59. The van der Waals surface area contributed by atoms with Gasteiger partial charge in [-0.15, -0.1) is 11.3 Å². The Morgan fingerprint density at radius 1 is 1.17 bits per heavy atom. The van der Waals surface area contributed by atoms with Gasteiger partial charge in [0.25, 0.3) is 0 Å². The van der Waals surface area contributed by atoms with Crippen molar-refractivity contribution in [2.45, 2.75) is 13.0 Å². The summed E-state index contributed by atoms with van der Waals surface area (Å²) in [6, 6.07) is 4.09. The van der Waals surface area contributed by atoms with Gasteiger partial charge in [0.15, 0.2) is 0 Å². The van der Waals surface area contributed by atoms with Crippen molar-refractivity contribution < 1.29 is 8.78 Å². The topological polar surface area (TPSA) is 12.0 Å². The molecule has 0 bridgehead atoms. The largest absolute Gasteiger partial charge is 0.375 e. The molecule has 18 heavy (non-hydrogen) atoms. The van der Waals surface area contributed by atoms with Gasteiger partial charge < -0.3 is 5.32 Å². The third-order valence-corrected chi connectivity index (χ3v) is 5.08. The number of anilines is 1. The molecule has 1 aromatic carbocycles. The zero-order valence-corrected chi connectivity index (χ0v) is 13.3. The van der Waals surface area contributed by atoms with Gasteiger partial charge in [0, 0.05) is 15.4 Å². The summed E-state index contributed by atoms with van der Waals surface area (Å²) in [5.74, 6) is -0.973. The van der Waals surface area contributed by atoms with Crippen LogP contribution in [0.15, 0.2) is 32.5 Å². The van der Waals surface area contributed by atoms with E-state index in [9.17, 15) is 8.78 Å². The Labute approximate surface area is 124 Å². The van der Waals surface area contributed by atoms with Gasteiger partial charge in [-0.25, -0.2) is 8.78 Å². The molecule has 0 amide bonds. The van der Waals surface area contributed by atoms with E-state index in [0.717, 1.165) is 21.5 Å². The summed E-state index contributed by atoms with van der Waals surface area (Å²) in [6.07, 6.45) is 0. The van der Waals surface area contributed by atoms with E-state index in [1.807, 2.05) is 18.4 Å². The van der Waals surface area contributed by atoms with Crippen molar-refractivity contribution in [1.29, 1.82) is 0 Å². The van der Waals surface area contributed by atoms with E-state index in [-0.39, 0.29) is 16.2 Å². The third-order valence-electron chi connectivity index (χ3n) is 2.42. The zero-order valence-electron chi connectivity index (χ0n) is 9.31. The van der Waals surface area contributed by atoms with Crippen molar-refractivity contribution in [2.24, 2.45) is 0 Å². The third kappa shape index (κ3) is 2.92. The lowest BCUT2D eigenvalue weighted by Crippen LogP contribution is -2.07. The molecule has 1 nitrogen and oxygen atoms in total. The van der Waals surface area contributed by atoms with E-state index in [1.165, 1.54) is 0 Å². The second-order valence-corrected chi connectivity index (χ2v) is 6.40. The molecule has 0 fully saturated rings. The molecule has 0 aliphatic rings. The van der Waals surface area contributed by atoms with Crippen LogP contribution in [0.4, 0.5) is 14.5 Å². The number of nitrogens with one attached hydrogen (secondary N) is 1. The van der Waals surface area contributed by atoms with E-state index in [2.05, 4.69) is 37.2 Å². The Kier molecular flexibility index (Phi) is 4.40. The van der Waals surface area contributed by atoms with Crippen molar-refractivity contribution in [2.75, 3.05) is 5.32 Å². The lowest BCUT2D eigenvalue weighted by Gasteiger charge is -2.15. The van der Waals surface area contributed by atoms with E-state index in [0.29, 0.717) is 0 Å². The summed E-state index contributed by atoms with van der Waals surface area (Å²) in [4.78, 5) is 1.04. The molecule has 0 spiro atoms. The number of hydrogen-bond acceptors (Lipinski definition) is 2. The van der Waals surface area contributed by atoms with Crippen molar-refractivity contribution in [3.05, 3.63) is 49.0 Å². The monoisotopic (exact) mass is 395 g/mol. The first-order valence-corrected chi connectivity index (χ1v) is 7.59. The smallest absolute Gasteiger partial charge is 0.147 e. The van der Waals surface area contributed by atoms with Crippen LogP contribution in [0.2, 0.25) is 0 Å². The highest BCUT2D eigenvalue weighted by molar-refractivity contribution is 9.10. The number of thiophene rings is 1. The number of rotatable bonds is 3. The van der Waals surface area contributed by atoms with Crippen LogP contribution in [0.1, 0.15) is 17.8 Å². The Bertz CT molecular complexity index is 571. The fourth-order valence-electron chi connectivity index (χ4n) is 1.55. The molecule has 2 aromatic rings. The lowest BCUT2D eigenvalue weighted by atomic mass is 10.2. The molecule has 0 aliphatic carbocycles. The van der Waals surface area contributed by atoms with Crippen LogP contribution >= 0.6 is 43.2 Å². The van der Waals surface area contributed by atoms with E-state index in [1.54, 1.807) is 11.3 Å². The average molecular weight is 397 g/mol. The molecule has 96 valence electrons. The average Bonchev–Trinajstić information content (AvgIpc) is 2.72. The summed E-state index contributed by atoms with van der Waals surface area (Å²) in [5, 5.41) is 4.91. The molecular formula is C12H9Br2F2NS. The maximum atomic E-state index is 13.7. The molecule has 6 heteroatoms. The Morgan fingerprint density at radius 2 is 1.89 bits per heavy atom. The Balaban J connectivity index is 2.24. The summed E-state index contributed by atoms with van der Waals surface area (Å²) in [6.45, 7) is 1.90. The van der Waals surface area contributed by atoms with Gasteiger partial charge >= 0.3 is 0 Å². The Morgan fingerprint density at radius 3 is 2.50 bits per heavy atom. The molecule has 0 radical (unpaired) electrons. The SMILES string of the molecule is CC(Nc1cc(F)c(Br)cc1F)c1sccc1Br. The molecule has 1 unspecified atom stereocenters. The van der Waals surface area contributed by atoms with Gasteiger partial charge in [0.05, 0.1) is 16.2 Å². The standard InChI is InChI=1S/C12H9Br2F2NS/c1-6(12-7(13)2-3-18-12)17-11-5-9(15)8(14)4-10(11)16/h2-6,17H,1H3. The molecular weight excluding hydrogens is 388 g/mol. The first kappa shape index (κ1) is 14.0. The number of halogens is 4. The lowest BCUT2D eigenvalue weighted by molar-refractivity contribution is 0.595. The van der Waals surface area contributed by atoms with Gasteiger partial charge in [-0.1, -0.05) is 0 Å². The molecule has 1 aromatic heterocycles. The number of benzene rings is 1. The van der Waals surface area contributed by atoms with Crippen LogP contribution in [0, 0.1) is 11.6 Å². The minimum Gasteiger partial charge on any atom is -0.375 e. The molecule has 0 saturated heterocycles. The first-order valence-electron chi connectivity index (χ1n) is 5.13. The van der Waals surface area contributed by atoms with Crippen molar-refractivity contribution in [3.8, 4) is 0 Å². The summed E-state index contributed by atoms with van der Waals surface area (Å²) in [7, 11) is 0. The second kappa shape index (κ2) is 5.67. The van der Waals surface area contributed by atoms with Gasteiger partial charge in [-0.2, -0.15) is 0 Å². The first-order chi connectivity index (χ1) is 8.49. The van der Waals surface area contributed by atoms with Crippen molar-refractivity contribution >= 4 is 48.9 Å². The van der Waals surface area contributed by atoms with Crippen LogP contribution in [-0.2, 0) is 0 Å². The zero-order chi connectivity index (χ0) is 13.3. The van der Waals surface area contributed by atoms with Gasteiger partial charge in [0.2, 0.25) is 0 Å². The van der Waals surface area contributed by atoms with Crippen LogP contribution in [0.25, 0.3) is 0 Å². The summed E-state index contributed by atoms with van der Waals surface area (Å²) < 4.78 is 28.1. The fraction of sp³-hybridized carbons (Fsp3) is 0.167. The van der Waals surface area contributed by atoms with E-state index >= 15 is 0 Å². The highest BCUT2D eigenvalue weighted by atomic mass is 79.9. The van der Waals surface area contributed by atoms with Crippen molar-refractivity contribution in [3.63, 3.8) is 0 Å². The van der Waals surface area contributed by atoms with Gasteiger partial charge in [-0.05, 0) is 56.3 Å². The minimum atomic E-state index is -0.489. The maximum absolute atomic E-state index is 13.7. The minimum absolute atomic E-state index is 0.102. The van der Waals surface area contributed by atoms with Gasteiger partial charge in [-0.3, -0.25) is 0 Å².